The summed E-state index contributed by atoms with van der Waals surface area (Å²) in [6.07, 6.45) is -5.78. The van der Waals surface area contributed by atoms with E-state index in [2.05, 4.69) is 0 Å². The minimum atomic E-state index is -3.48. The third-order valence-corrected chi connectivity index (χ3v) is 6.91. The van der Waals surface area contributed by atoms with Crippen molar-refractivity contribution in [1.82, 2.24) is 0 Å². The third kappa shape index (κ3) is 3.69. The number of ketones is 2. The first-order valence-corrected chi connectivity index (χ1v) is 10.9. The summed E-state index contributed by atoms with van der Waals surface area (Å²) in [5.74, 6) is -5.40. The zero-order chi connectivity index (χ0) is 26.5. The molecule has 1 aliphatic carbocycles. The van der Waals surface area contributed by atoms with Gasteiger partial charge in [-0.1, -0.05) is 6.92 Å². The molecule has 2 aromatic carbocycles. The molecular weight excluding hydrogens is 486 g/mol. The van der Waals surface area contributed by atoms with Gasteiger partial charge in [0, 0.05) is 5.92 Å². The molecule has 7 atom stereocenters. The van der Waals surface area contributed by atoms with Crippen molar-refractivity contribution in [2.45, 2.75) is 42.2 Å². The lowest BCUT2D eigenvalue weighted by molar-refractivity contribution is -0.428. The van der Waals surface area contributed by atoms with Gasteiger partial charge >= 0.3 is 0 Å². The number of Topliss-reactive ketones (excluding diaryl/α,β-unsaturated/α-hetero) is 2. The van der Waals surface area contributed by atoms with Crippen LogP contribution in [0.15, 0.2) is 48.5 Å². The van der Waals surface area contributed by atoms with Crippen LogP contribution in [0, 0.1) is 17.6 Å². The minimum absolute atomic E-state index is 0.0132. The first kappa shape index (κ1) is 26.1. The van der Waals surface area contributed by atoms with E-state index in [0.29, 0.717) is 0 Å². The maximum atomic E-state index is 13.3. The maximum Gasteiger partial charge on any atom is 0.216 e. The molecule has 10 nitrogen and oxygen atoms in total. The van der Waals surface area contributed by atoms with Gasteiger partial charge in [0.2, 0.25) is 17.2 Å². The van der Waals surface area contributed by atoms with Crippen molar-refractivity contribution in [1.29, 1.82) is 0 Å². The monoisotopic (exact) mass is 510 g/mol. The molecule has 194 valence electrons. The molecule has 0 amide bonds. The minimum Gasteiger partial charge on any atom is -0.486 e. The van der Waals surface area contributed by atoms with Gasteiger partial charge in [0.25, 0.3) is 0 Å². The summed E-state index contributed by atoms with van der Waals surface area (Å²) < 4.78 is 41.8. The molecule has 2 unspecified atom stereocenters. The lowest BCUT2D eigenvalue weighted by Gasteiger charge is -2.66. The predicted molar refractivity (Wildman–Crippen MR) is 115 cm³/mol. The summed E-state index contributed by atoms with van der Waals surface area (Å²) in [6, 6.07) is 8.82. The number of benzene rings is 2. The van der Waals surface area contributed by atoms with Crippen LogP contribution in [0.4, 0.5) is 8.78 Å². The van der Waals surface area contributed by atoms with E-state index in [-0.39, 0.29) is 11.5 Å². The standard InChI is InChI=1S/C24H24F2O10/c1-12-19(29)20-22(12,31)24(33,18(28)11-35-16-8-4-14(26)5-9-16)23(32,21(30)36-20)17(27)10-34-15-6-2-13(25)3-7-15/h2-9,12,19-21,29-33H,10-11H2,1H3/t12?,19?,20-,21-,22-,23+,24+/m1/s1. The predicted octanol–water partition coefficient (Wildman–Crippen LogP) is -0.518. The summed E-state index contributed by atoms with van der Waals surface area (Å²) in [4.78, 5) is 26.5. The van der Waals surface area contributed by atoms with Gasteiger partial charge in [-0.15, -0.1) is 0 Å². The van der Waals surface area contributed by atoms with Crippen LogP contribution in [-0.4, -0.2) is 85.6 Å². The number of fused-ring (bicyclic) bond motifs is 1. The third-order valence-electron chi connectivity index (χ3n) is 6.91. The number of carbonyl (C=O) groups excluding carboxylic acids is 2. The zero-order valence-electron chi connectivity index (χ0n) is 18.9. The molecule has 1 saturated heterocycles. The van der Waals surface area contributed by atoms with Gasteiger partial charge in [-0.3, -0.25) is 9.59 Å². The Bertz CT molecular complexity index is 1140. The molecule has 1 aliphatic heterocycles. The van der Waals surface area contributed by atoms with Crippen LogP contribution in [0.1, 0.15) is 6.92 Å². The smallest absolute Gasteiger partial charge is 0.216 e. The fraction of sp³-hybridized carbons (Fsp3) is 0.417. The summed E-state index contributed by atoms with van der Waals surface area (Å²) in [5.41, 5.74) is -9.64. The van der Waals surface area contributed by atoms with Crippen LogP contribution >= 0.6 is 0 Å². The number of aliphatic hydroxyl groups is 5. The molecule has 12 heteroatoms. The summed E-state index contributed by atoms with van der Waals surface area (Å²) >= 11 is 0. The van der Waals surface area contributed by atoms with Gasteiger partial charge in [0.1, 0.15) is 48.1 Å². The van der Waals surface area contributed by atoms with Crippen LogP contribution in [0.3, 0.4) is 0 Å². The number of carbonyl (C=O) groups is 2. The van der Waals surface area contributed by atoms with Crippen molar-refractivity contribution in [2.24, 2.45) is 5.92 Å². The Balaban J connectivity index is 1.66. The highest BCUT2D eigenvalue weighted by Gasteiger charge is 2.84. The van der Waals surface area contributed by atoms with Gasteiger partial charge in [0.05, 0.1) is 6.10 Å². The Morgan fingerprint density at radius 3 is 1.78 bits per heavy atom. The maximum absolute atomic E-state index is 13.3. The number of ether oxygens (including phenoxy) is 3. The van der Waals surface area contributed by atoms with E-state index in [1.54, 1.807) is 0 Å². The summed E-state index contributed by atoms with van der Waals surface area (Å²) in [6.45, 7) is -0.822. The second kappa shape index (κ2) is 9.14. The normalized spacial score (nSPS) is 35.3. The van der Waals surface area contributed by atoms with Gasteiger partial charge in [-0.25, -0.2) is 8.78 Å². The van der Waals surface area contributed by atoms with E-state index in [1.807, 2.05) is 0 Å². The van der Waals surface area contributed by atoms with Gasteiger partial charge in [-0.05, 0) is 48.5 Å². The van der Waals surface area contributed by atoms with Crippen LogP contribution in [0.2, 0.25) is 0 Å². The largest absolute Gasteiger partial charge is 0.486 e. The van der Waals surface area contributed by atoms with Crippen molar-refractivity contribution < 1.29 is 58.1 Å². The number of halogens is 2. The average molecular weight is 510 g/mol. The SMILES string of the molecule is CC1C(O)[C@H]2O[C@@H](O)[C@@](O)(C(=O)COc3ccc(F)cc3)[C@](O)(C(=O)COc3ccc(F)cc3)[C@@]12O. The summed E-state index contributed by atoms with van der Waals surface area (Å²) in [7, 11) is 0. The second-order valence-electron chi connectivity index (χ2n) is 8.82. The van der Waals surface area contributed by atoms with Crippen molar-refractivity contribution >= 4 is 11.6 Å². The van der Waals surface area contributed by atoms with Crippen molar-refractivity contribution in [2.75, 3.05) is 13.2 Å². The topological polar surface area (TPSA) is 163 Å². The van der Waals surface area contributed by atoms with E-state index in [4.69, 9.17) is 14.2 Å². The highest BCUT2D eigenvalue weighted by Crippen LogP contribution is 2.56. The molecule has 1 saturated carbocycles. The Kier molecular flexibility index (Phi) is 6.62. The number of aliphatic hydroxyl groups excluding tert-OH is 2. The number of hydrogen-bond donors (Lipinski definition) is 5. The van der Waals surface area contributed by atoms with Gasteiger partial charge < -0.3 is 39.7 Å². The van der Waals surface area contributed by atoms with E-state index in [9.17, 15) is 43.9 Å². The van der Waals surface area contributed by atoms with Gasteiger partial charge in [-0.2, -0.15) is 0 Å². The van der Waals surface area contributed by atoms with E-state index in [0.717, 1.165) is 24.3 Å². The van der Waals surface area contributed by atoms with Crippen LogP contribution in [0.5, 0.6) is 11.5 Å². The lowest BCUT2D eigenvalue weighted by atomic mass is 9.49. The van der Waals surface area contributed by atoms with Crippen molar-refractivity contribution in [3.63, 3.8) is 0 Å². The number of rotatable bonds is 8. The Morgan fingerprint density at radius 2 is 1.31 bits per heavy atom. The first-order chi connectivity index (χ1) is 16.9. The fourth-order valence-corrected chi connectivity index (χ4v) is 4.71. The van der Waals surface area contributed by atoms with Crippen molar-refractivity contribution in [3.05, 3.63) is 60.2 Å². The molecule has 0 spiro atoms. The molecule has 0 radical (unpaired) electrons. The van der Waals surface area contributed by atoms with Gasteiger partial charge in [0.15, 0.2) is 11.9 Å². The Morgan fingerprint density at radius 1 is 0.861 bits per heavy atom. The lowest BCUT2D eigenvalue weighted by Crippen LogP contribution is -2.93. The molecular formula is C24H24F2O10. The first-order valence-electron chi connectivity index (χ1n) is 10.9. The molecule has 2 aromatic rings. The molecule has 36 heavy (non-hydrogen) atoms. The number of hydrogen-bond acceptors (Lipinski definition) is 10. The molecule has 0 bridgehead atoms. The van der Waals surface area contributed by atoms with Crippen LogP contribution in [0.25, 0.3) is 0 Å². The molecule has 2 aliphatic rings. The van der Waals surface area contributed by atoms with Crippen LogP contribution in [-0.2, 0) is 14.3 Å². The molecule has 1 heterocycles. The van der Waals surface area contributed by atoms with Crippen molar-refractivity contribution in [3.8, 4) is 11.5 Å². The quantitative estimate of drug-likeness (QED) is 0.312. The van der Waals surface area contributed by atoms with E-state index >= 15 is 0 Å². The fourth-order valence-electron chi connectivity index (χ4n) is 4.71. The zero-order valence-corrected chi connectivity index (χ0v) is 18.9. The average Bonchev–Trinajstić information content (AvgIpc) is 2.87. The Labute approximate surface area is 203 Å². The molecule has 4 rings (SSSR count). The van der Waals surface area contributed by atoms with E-state index in [1.165, 1.54) is 31.2 Å². The van der Waals surface area contributed by atoms with Crippen LogP contribution < -0.4 is 9.47 Å². The second-order valence-corrected chi connectivity index (χ2v) is 8.82. The highest BCUT2D eigenvalue weighted by molar-refractivity contribution is 6.02. The summed E-state index contributed by atoms with van der Waals surface area (Å²) in [5, 5.41) is 55.1. The molecule has 5 N–H and O–H groups in total. The Hall–Kier alpha value is -3.00. The van der Waals surface area contributed by atoms with E-state index < -0.39 is 77.6 Å². The molecule has 2 fully saturated rings. The molecule has 0 aromatic heterocycles. The highest BCUT2D eigenvalue weighted by atomic mass is 19.1.